The van der Waals surface area contributed by atoms with E-state index in [0.717, 1.165) is 0 Å². The van der Waals surface area contributed by atoms with Crippen LogP contribution in [0.2, 0.25) is 0 Å². The van der Waals surface area contributed by atoms with Crippen molar-refractivity contribution in [1.82, 2.24) is 15.5 Å². The molecule has 0 aliphatic carbocycles. The van der Waals surface area contributed by atoms with Gasteiger partial charge in [0.1, 0.15) is 17.8 Å². The average Bonchev–Trinajstić information content (AvgIpc) is 3.15. The molecule has 0 unspecified atom stereocenters. The first kappa shape index (κ1) is 27.9. The number of primary amides is 1. The first-order valence-electron chi connectivity index (χ1n) is 11.9. The maximum absolute atomic E-state index is 13.2. The summed E-state index contributed by atoms with van der Waals surface area (Å²) >= 11 is 0. The van der Waals surface area contributed by atoms with Crippen LogP contribution in [0.25, 0.3) is 0 Å². The van der Waals surface area contributed by atoms with Gasteiger partial charge in [-0.3, -0.25) is 14.4 Å². The molecule has 0 spiro atoms. The lowest BCUT2D eigenvalue weighted by Crippen LogP contribution is -2.52. The van der Waals surface area contributed by atoms with Gasteiger partial charge in [-0.15, -0.1) is 0 Å². The molecule has 10 nitrogen and oxygen atoms in total. The van der Waals surface area contributed by atoms with E-state index in [1.165, 1.54) is 12.0 Å². The number of benzene rings is 1. The van der Waals surface area contributed by atoms with Gasteiger partial charge in [0.2, 0.25) is 17.7 Å². The molecule has 0 saturated carbocycles. The zero-order valence-corrected chi connectivity index (χ0v) is 21.5. The molecule has 3 atom stereocenters. The van der Waals surface area contributed by atoms with Crippen LogP contribution in [-0.2, 0) is 14.4 Å². The number of methoxy groups -OCH3 is 1. The minimum Gasteiger partial charge on any atom is -0.497 e. The van der Waals surface area contributed by atoms with Gasteiger partial charge in [0.25, 0.3) is 0 Å². The highest BCUT2D eigenvalue weighted by Crippen LogP contribution is 2.26. The predicted molar refractivity (Wildman–Crippen MR) is 134 cm³/mol. The molecule has 194 valence electrons. The summed E-state index contributed by atoms with van der Waals surface area (Å²) in [6.45, 7) is 9.87. The fourth-order valence-electron chi connectivity index (χ4n) is 4.06. The predicted octanol–water partition coefficient (Wildman–Crippen LogP) is 2.24. The number of nitrogens with zero attached hydrogens (tertiary/aromatic N) is 1. The normalized spacial score (nSPS) is 18.7. The van der Waals surface area contributed by atoms with Crippen molar-refractivity contribution in [2.24, 2.45) is 17.1 Å². The highest BCUT2D eigenvalue weighted by atomic mass is 16.5. The molecule has 5 N–H and O–H groups in total. The number of hydrogen-bond donors (Lipinski definition) is 4. The Morgan fingerprint density at radius 3 is 2.46 bits per heavy atom. The second-order valence-corrected chi connectivity index (χ2v) is 10.7. The number of carbonyl (C=O) groups is 4. The summed E-state index contributed by atoms with van der Waals surface area (Å²) < 4.78 is 5.17. The Balaban J connectivity index is 2.14. The summed E-state index contributed by atoms with van der Waals surface area (Å²) in [7, 11) is 1.54. The van der Waals surface area contributed by atoms with E-state index in [9.17, 15) is 19.2 Å². The molecule has 1 aromatic carbocycles. The van der Waals surface area contributed by atoms with Gasteiger partial charge >= 0.3 is 6.03 Å². The maximum Gasteiger partial charge on any atom is 0.319 e. The van der Waals surface area contributed by atoms with Crippen LogP contribution in [0.1, 0.15) is 53.9 Å². The second-order valence-electron chi connectivity index (χ2n) is 10.7. The highest BCUT2D eigenvalue weighted by Gasteiger charge is 2.41. The standard InChI is InChI=1S/C25H39N5O5/c1-15(2)10-19(22(26)32)29-23(33)20-12-17(14-30(20)21(31)13-25(3,4)5)28-24(34)27-16-8-7-9-18(11-16)35-6/h7-9,11,15,17,19-20H,10,12-14H2,1-6H3,(H2,26,32)(H,29,33)(H2,27,28,34)/t17-,19-,20+/m0/s1. The molecule has 5 amide bonds. The smallest absolute Gasteiger partial charge is 0.319 e. The van der Waals surface area contributed by atoms with E-state index in [-0.39, 0.29) is 36.6 Å². The van der Waals surface area contributed by atoms with E-state index in [0.29, 0.717) is 17.9 Å². The summed E-state index contributed by atoms with van der Waals surface area (Å²) in [6.07, 6.45) is 0.861. The summed E-state index contributed by atoms with van der Waals surface area (Å²) in [5.41, 5.74) is 5.76. The van der Waals surface area contributed by atoms with Gasteiger partial charge in [0, 0.05) is 24.7 Å². The van der Waals surface area contributed by atoms with Crippen molar-refractivity contribution in [3.63, 3.8) is 0 Å². The molecule has 10 heteroatoms. The Morgan fingerprint density at radius 1 is 1.20 bits per heavy atom. The van der Waals surface area contributed by atoms with Gasteiger partial charge in [-0.05, 0) is 36.3 Å². The van der Waals surface area contributed by atoms with Crippen LogP contribution >= 0.6 is 0 Å². The number of likely N-dealkylation sites (tertiary alicyclic amines) is 1. The van der Waals surface area contributed by atoms with E-state index in [1.807, 2.05) is 34.6 Å². The second kappa shape index (κ2) is 11.9. The van der Waals surface area contributed by atoms with Crippen LogP contribution in [0.4, 0.5) is 10.5 Å². The van der Waals surface area contributed by atoms with Crippen LogP contribution in [0, 0.1) is 11.3 Å². The third kappa shape index (κ3) is 8.77. The van der Waals surface area contributed by atoms with Gasteiger partial charge in [0.05, 0.1) is 13.2 Å². The zero-order chi connectivity index (χ0) is 26.3. The minimum atomic E-state index is -0.828. The van der Waals surface area contributed by atoms with Gasteiger partial charge in [-0.2, -0.15) is 0 Å². The van der Waals surface area contributed by atoms with Crippen molar-refractivity contribution in [2.45, 2.75) is 72.0 Å². The minimum absolute atomic E-state index is 0.143. The monoisotopic (exact) mass is 489 g/mol. The van der Waals surface area contributed by atoms with E-state index in [1.54, 1.807) is 24.3 Å². The van der Waals surface area contributed by atoms with Gasteiger partial charge in [-0.25, -0.2) is 4.79 Å². The average molecular weight is 490 g/mol. The summed E-state index contributed by atoms with van der Waals surface area (Å²) in [5, 5.41) is 8.31. The van der Waals surface area contributed by atoms with Crippen molar-refractivity contribution in [3.8, 4) is 5.75 Å². The maximum atomic E-state index is 13.2. The number of rotatable bonds is 9. The molecular weight excluding hydrogens is 450 g/mol. The number of nitrogens with two attached hydrogens (primary N) is 1. The Bertz CT molecular complexity index is 927. The summed E-state index contributed by atoms with van der Waals surface area (Å²) in [6, 6.07) is 4.38. The first-order chi connectivity index (χ1) is 16.3. The molecule has 2 rings (SSSR count). The number of urea groups is 1. The number of carbonyl (C=O) groups excluding carboxylic acids is 4. The van der Waals surface area contributed by atoms with E-state index >= 15 is 0 Å². The molecule has 1 saturated heterocycles. The van der Waals surface area contributed by atoms with Crippen LogP contribution in [0.15, 0.2) is 24.3 Å². The van der Waals surface area contributed by atoms with E-state index < -0.39 is 36.0 Å². The molecular formula is C25H39N5O5. The number of hydrogen-bond acceptors (Lipinski definition) is 5. The lowest BCUT2D eigenvalue weighted by molar-refractivity contribution is -0.140. The lowest BCUT2D eigenvalue weighted by atomic mass is 9.91. The van der Waals surface area contributed by atoms with Crippen molar-refractivity contribution in [2.75, 3.05) is 19.0 Å². The highest BCUT2D eigenvalue weighted by molar-refractivity contribution is 5.93. The van der Waals surface area contributed by atoms with Crippen LogP contribution in [-0.4, -0.2) is 60.4 Å². The van der Waals surface area contributed by atoms with Crippen molar-refractivity contribution in [1.29, 1.82) is 0 Å². The molecule has 0 radical (unpaired) electrons. The molecule has 1 aromatic rings. The molecule has 0 bridgehead atoms. The number of amides is 5. The largest absolute Gasteiger partial charge is 0.497 e. The quantitative estimate of drug-likeness (QED) is 0.421. The van der Waals surface area contributed by atoms with Gasteiger partial charge in [0.15, 0.2) is 0 Å². The Labute approximate surface area is 207 Å². The Morgan fingerprint density at radius 2 is 1.89 bits per heavy atom. The zero-order valence-electron chi connectivity index (χ0n) is 21.5. The number of anilines is 1. The fourth-order valence-corrected chi connectivity index (χ4v) is 4.06. The van der Waals surface area contributed by atoms with E-state index in [2.05, 4.69) is 16.0 Å². The SMILES string of the molecule is COc1cccc(NC(=O)N[C@H]2C[C@H](C(=O)N[C@@H](CC(C)C)C(N)=O)N(C(=O)CC(C)(C)C)C2)c1. The topological polar surface area (TPSA) is 143 Å². The molecule has 0 aromatic heterocycles. The molecule has 1 aliphatic rings. The molecule has 1 aliphatic heterocycles. The lowest BCUT2D eigenvalue weighted by Gasteiger charge is -2.28. The van der Waals surface area contributed by atoms with Crippen molar-refractivity contribution in [3.05, 3.63) is 24.3 Å². The van der Waals surface area contributed by atoms with Crippen LogP contribution in [0.5, 0.6) is 5.75 Å². The number of ether oxygens (including phenoxy) is 1. The first-order valence-corrected chi connectivity index (χ1v) is 11.9. The fraction of sp³-hybridized carbons (Fsp3) is 0.600. The third-order valence-corrected chi connectivity index (χ3v) is 5.64. The molecule has 35 heavy (non-hydrogen) atoms. The summed E-state index contributed by atoms with van der Waals surface area (Å²) in [4.78, 5) is 52.2. The molecule has 1 heterocycles. The third-order valence-electron chi connectivity index (χ3n) is 5.64. The van der Waals surface area contributed by atoms with Gasteiger partial charge in [-0.1, -0.05) is 40.7 Å². The van der Waals surface area contributed by atoms with Crippen LogP contribution < -0.4 is 26.4 Å². The van der Waals surface area contributed by atoms with Crippen LogP contribution in [0.3, 0.4) is 0 Å². The summed E-state index contributed by atoms with van der Waals surface area (Å²) in [5.74, 6) is -0.511. The Hall–Kier alpha value is -3.30. The van der Waals surface area contributed by atoms with Crippen molar-refractivity contribution >= 4 is 29.4 Å². The molecule has 1 fully saturated rings. The van der Waals surface area contributed by atoms with Crippen molar-refractivity contribution < 1.29 is 23.9 Å². The van der Waals surface area contributed by atoms with Gasteiger partial charge < -0.3 is 31.3 Å². The van der Waals surface area contributed by atoms with E-state index in [4.69, 9.17) is 10.5 Å². The Kier molecular flexibility index (Phi) is 9.50. The number of nitrogens with one attached hydrogen (secondary N) is 3.